The molecule has 4 rings (SSSR count). The van der Waals surface area contributed by atoms with Gasteiger partial charge in [0.1, 0.15) is 5.82 Å². The summed E-state index contributed by atoms with van der Waals surface area (Å²) >= 11 is 1.18. The van der Waals surface area contributed by atoms with E-state index in [1.807, 2.05) is 0 Å². The van der Waals surface area contributed by atoms with Gasteiger partial charge in [-0.25, -0.2) is 22.6 Å². The van der Waals surface area contributed by atoms with Crippen LogP contribution in [-0.2, 0) is 10.0 Å². The molecule has 0 unspecified atom stereocenters. The van der Waals surface area contributed by atoms with Gasteiger partial charge in [0.25, 0.3) is 10.0 Å². The lowest BCUT2D eigenvalue weighted by molar-refractivity contribution is 0.262. The van der Waals surface area contributed by atoms with Crippen molar-refractivity contribution in [3.63, 3.8) is 0 Å². The van der Waals surface area contributed by atoms with E-state index >= 15 is 0 Å². The van der Waals surface area contributed by atoms with Crippen LogP contribution in [0.3, 0.4) is 0 Å². The van der Waals surface area contributed by atoms with Gasteiger partial charge < -0.3 is 10.6 Å². The fraction of sp³-hybridized carbons (Fsp3) is 0. The predicted octanol–water partition coefficient (Wildman–Crippen LogP) is 4.88. The molecule has 0 fully saturated rings. The number of hydrogen-bond acceptors (Lipinski definition) is 5. The van der Waals surface area contributed by atoms with Crippen LogP contribution in [0.2, 0.25) is 0 Å². The third-order valence-corrected chi connectivity index (χ3v) is 6.44. The van der Waals surface area contributed by atoms with Gasteiger partial charge in [-0.15, -0.1) is 0 Å². The molecule has 0 spiro atoms. The number of thiazole rings is 1. The fourth-order valence-electron chi connectivity index (χ4n) is 2.68. The first-order chi connectivity index (χ1) is 14.4. The van der Waals surface area contributed by atoms with Crippen LogP contribution >= 0.6 is 11.3 Å². The third kappa shape index (κ3) is 4.56. The maximum absolute atomic E-state index is 13.2. The maximum atomic E-state index is 13.2. The Labute approximate surface area is 175 Å². The number of aromatic nitrogens is 1. The summed E-state index contributed by atoms with van der Waals surface area (Å²) in [5.41, 5.74) is 1.30. The van der Waals surface area contributed by atoms with Gasteiger partial charge in [-0.05, 0) is 48.5 Å². The number of urea groups is 1. The van der Waals surface area contributed by atoms with Gasteiger partial charge in [-0.1, -0.05) is 35.6 Å². The Kier molecular flexibility index (Phi) is 5.34. The van der Waals surface area contributed by atoms with Crippen LogP contribution in [0.5, 0.6) is 0 Å². The minimum absolute atomic E-state index is 0.139. The first-order valence-corrected chi connectivity index (χ1v) is 11.0. The first kappa shape index (κ1) is 19.8. The number of hydrogen-bond donors (Lipinski definition) is 3. The molecule has 4 aromatic rings. The summed E-state index contributed by atoms with van der Waals surface area (Å²) in [5, 5.41) is 5.39. The molecule has 2 amide bonds. The number of amides is 2. The molecule has 152 valence electrons. The van der Waals surface area contributed by atoms with E-state index in [0.29, 0.717) is 16.9 Å². The molecule has 0 bridgehead atoms. The standard InChI is InChI=1S/C20H15FN4O3S2/c21-13-5-4-6-14(11-13)22-19(26)23-15-9-10-18-17(12-15)24-20(29-18)25-30(27,28)16-7-2-1-3-8-16/h1-12H,(H,24,25)(H2,22,23,26). The number of benzene rings is 3. The van der Waals surface area contributed by atoms with Crippen molar-refractivity contribution >= 4 is 54.1 Å². The summed E-state index contributed by atoms with van der Waals surface area (Å²) in [4.78, 5) is 16.6. The average Bonchev–Trinajstić information content (AvgIpc) is 3.09. The number of halogens is 1. The second kappa shape index (κ2) is 8.09. The number of sulfonamides is 1. The number of anilines is 3. The highest BCUT2D eigenvalue weighted by Crippen LogP contribution is 2.29. The molecular weight excluding hydrogens is 427 g/mol. The summed E-state index contributed by atoms with van der Waals surface area (Å²) in [6.07, 6.45) is 0. The number of carbonyl (C=O) groups is 1. The smallest absolute Gasteiger partial charge is 0.308 e. The van der Waals surface area contributed by atoms with Crippen molar-refractivity contribution in [3.8, 4) is 0 Å². The molecule has 30 heavy (non-hydrogen) atoms. The lowest BCUT2D eigenvalue weighted by Gasteiger charge is -2.07. The van der Waals surface area contributed by atoms with Crippen molar-refractivity contribution in [3.05, 3.63) is 78.6 Å². The summed E-state index contributed by atoms with van der Waals surface area (Å²) in [6.45, 7) is 0. The normalized spacial score (nSPS) is 11.2. The number of nitrogens with one attached hydrogen (secondary N) is 3. The molecule has 0 aliphatic carbocycles. The highest BCUT2D eigenvalue weighted by atomic mass is 32.2. The van der Waals surface area contributed by atoms with E-state index in [1.165, 1.54) is 41.7 Å². The Morgan fingerprint density at radius 3 is 2.37 bits per heavy atom. The van der Waals surface area contributed by atoms with Crippen molar-refractivity contribution in [1.29, 1.82) is 0 Å². The largest absolute Gasteiger partial charge is 0.323 e. The molecule has 0 aliphatic heterocycles. The van der Waals surface area contributed by atoms with Crippen LogP contribution < -0.4 is 15.4 Å². The van der Waals surface area contributed by atoms with Crippen LogP contribution in [0.25, 0.3) is 10.2 Å². The highest BCUT2D eigenvalue weighted by molar-refractivity contribution is 7.93. The van der Waals surface area contributed by atoms with Gasteiger partial charge in [-0.3, -0.25) is 4.72 Å². The van der Waals surface area contributed by atoms with E-state index in [1.54, 1.807) is 42.5 Å². The molecule has 0 aliphatic rings. The Balaban J connectivity index is 1.49. The zero-order chi connectivity index (χ0) is 21.1. The Morgan fingerprint density at radius 2 is 1.63 bits per heavy atom. The van der Waals surface area contributed by atoms with Crippen LogP contribution in [-0.4, -0.2) is 19.4 Å². The molecule has 7 nitrogen and oxygen atoms in total. The average molecular weight is 442 g/mol. The number of fused-ring (bicyclic) bond motifs is 1. The Morgan fingerprint density at radius 1 is 0.900 bits per heavy atom. The number of rotatable bonds is 5. The topological polar surface area (TPSA) is 100 Å². The van der Waals surface area contributed by atoms with E-state index in [9.17, 15) is 17.6 Å². The van der Waals surface area contributed by atoms with Gasteiger partial charge in [0.05, 0.1) is 15.1 Å². The zero-order valence-corrected chi connectivity index (χ0v) is 16.9. The summed E-state index contributed by atoms with van der Waals surface area (Å²) in [5.74, 6) is -0.456. The van der Waals surface area contributed by atoms with Gasteiger partial charge in [0.2, 0.25) is 0 Å². The van der Waals surface area contributed by atoms with Gasteiger partial charge >= 0.3 is 6.03 Å². The molecule has 1 aromatic heterocycles. The lowest BCUT2D eigenvalue weighted by atomic mass is 10.3. The van der Waals surface area contributed by atoms with Crippen molar-refractivity contribution in [2.24, 2.45) is 0 Å². The Bertz CT molecular complexity index is 1320. The zero-order valence-electron chi connectivity index (χ0n) is 15.3. The monoisotopic (exact) mass is 442 g/mol. The molecule has 1 heterocycles. The van der Waals surface area contributed by atoms with Gasteiger partial charge in [0.15, 0.2) is 5.13 Å². The fourth-order valence-corrected chi connectivity index (χ4v) is 4.78. The van der Waals surface area contributed by atoms with Crippen molar-refractivity contribution < 1.29 is 17.6 Å². The van der Waals surface area contributed by atoms with E-state index in [-0.39, 0.29) is 10.0 Å². The van der Waals surface area contributed by atoms with Crippen molar-refractivity contribution in [2.45, 2.75) is 4.90 Å². The van der Waals surface area contributed by atoms with Crippen molar-refractivity contribution in [1.82, 2.24) is 4.98 Å². The Hall–Kier alpha value is -3.50. The van der Waals surface area contributed by atoms with Crippen LogP contribution in [0.1, 0.15) is 0 Å². The summed E-state index contributed by atoms with van der Waals surface area (Å²) in [7, 11) is -3.74. The molecule has 3 aromatic carbocycles. The van der Waals surface area contributed by atoms with E-state index in [0.717, 1.165) is 4.70 Å². The minimum atomic E-state index is -3.74. The highest BCUT2D eigenvalue weighted by Gasteiger charge is 2.16. The SMILES string of the molecule is O=C(Nc1cccc(F)c1)Nc1ccc2sc(NS(=O)(=O)c3ccccc3)nc2c1. The number of nitrogens with zero attached hydrogens (tertiary/aromatic N) is 1. The van der Waals surface area contributed by atoms with Gasteiger partial charge in [-0.2, -0.15) is 0 Å². The van der Waals surface area contributed by atoms with E-state index in [4.69, 9.17) is 0 Å². The molecule has 0 saturated heterocycles. The first-order valence-electron chi connectivity index (χ1n) is 8.71. The second-order valence-corrected chi connectivity index (χ2v) is 8.92. The molecule has 10 heteroatoms. The molecular formula is C20H15FN4O3S2. The quantitative estimate of drug-likeness (QED) is 0.410. The van der Waals surface area contributed by atoms with Crippen LogP contribution in [0, 0.1) is 5.82 Å². The van der Waals surface area contributed by atoms with E-state index in [2.05, 4.69) is 20.3 Å². The summed E-state index contributed by atoms with van der Waals surface area (Å²) in [6, 6.07) is 18.0. The third-order valence-electron chi connectivity index (χ3n) is 4.00. The molecule has 3 N–H and O–H groups in total. The summed E-state index contributed by atoms with van der Waals surface area (Å²) < 4.78 is 41.3. The lowest BCUT2D eigenvalue weighted by Crippen LogP contribution is -2.19. The van der Waals surface area contributed by atoms with Crippen LogP contribution in [0.4, 0.5) is 25.7 Å². The van der Waals surface area contributed by atoms with Crippen LogP contribution in [0.15, 0.2) is 77.7 Å². The van der Waals surface area contributed by atoms with Crippen molar-refractivity contribution in [2.75, 3.05) is 15.4 Å². The molecule has 0 saturated carbocycles. The maximum Gasteiger partial charge on any atom is 0.323 e. The second-order valence-electron chi connectivity index (χ2n) is 6.21. The van der Waals surface area contributed by atoms with Gasteiger partial charge in [0, 0.05) is 11.4 Å². The predicted molar refractivity (Wildman–Crippen MR) is 116 cm³/mol. The number of carbonyl (C=O) groups excluding carboxylic acids is 1. The minimum Gasteiger partial charge on any atom is -0.308 e. The van der Waals surface area contributed by atoms with E-state index < -0.39 is 21.9 Å². The molecule has 0 atom stereocenters. The molecule has 0 radical (unpaired) electrons.